The second kappa shape index (κ2) is 9.94. The van der Waals surface area contributed by atoms with Crippen molar-refractivity contribution in [1.29, 1.82) is 0 Å². The molecule has 0 aliphatic rings. The molecule has 8 aromatic rings. The first kappa shape index (κ1) is 26.9. The molecule has 8 rings (SSSR count). The molecule has 0 bridgehead atoms. The van der Waals surface area contributed by atoms with E-state index in [4.69, 9.17) is 0 Å². The van der Waals surface area contributed by atoms with E-state index in [0.29, 0.717) is 0 Å². The van der Waals surface area contributed by atoms with Crippen LogP contribution < -0.4 is 0 Å². The lowest BCUT2D eigenvalue weighted by Gasteiger charge is -2.15. The van der Waals surface area contributed by atoms with Gasteiger partial charge in [0.1, 0.15) is 0 Å². The molecule has 2 aromatic heterocycles. The molecule has 0 aliphatic carbocycles. The summed E-state index contributed by atoms with van der Waals surface area (Å²) in [6, 6.07) is 36.8. The molecule has 0 radical (unpaired) electrons. The number of thiophene rings is 1. The number of aryl methyl sites for hydroxylation is 6. The maximum Gasteiger partial charge on any atom is 0.0465 e. The first-order valence-electron chi connectivity index (χ1n) is 15.4. The summed E-state index contributed by atoms with van der Waals surface area (Å²) in [6.45, 7) is 13.4. The van der Waals surface area contributed by atoms with Crippen molar-refractivity contribution in [2.45, 2.75) is 41.5 Å². The molecule has 0 saturated heterocycles. The average Bonchev–Trinajstić information content (AvgIpc) is 3.53. The topological polar surface area (TPSA) is 15.8 Å². The molecular formula is C42H35NS. The third-order valence-corrected chi connectivity index (χ3v) is 10.5. The smallest absolute Gasteiger partial charge is 0.0465 e. The van der Waals surface area contributed by atoms with E-state index < -0.39 is 0 Å². The van der Waals surface area contributed by atoms with E-state index in [1.165, 1.54) is 109 Å². The maximum atomic E-state index is 3.61. The summed E-state index contributed by atoms with van der Waals surface area (Å²) in [7, 11) is 0. The first-order chi connectivity index (χ1) is 21.2. The van der Waals surface area contributed by atoms with Crippen molar-refractivity contribution in [2.24, 2.45) is 0 Å². The molecule has 0 atom stereocenters. The van der Waals surface area contributed by atoms with Gasteiger partial charge in [0, 0.05) is 47.5 Å². The van der Waals surface area contributed by atoms with E-state index in [1.807, 2.05) is 11.3 Å². The van der Waals surface area contributed by atoms with Crippen molar-refractivity contribution in [3.8, 4) is 33.4 Å². The van der Waals surface area contributed by atoms with E-state index in [0.717, 1.165) is 0 Å². The zero-order valence-corrected chi connectivity index (χ0v) is 27.0. The van der Waals surface area contributed by atoms with Gasteiger partial charge >= 0.3 is 0 Å². The van der Waals surface area contributed by atoms with Gasteiger partial charge in [0.25, 0.3) is 0 Å². The van der Waals surface area contributed by atoms with E-state index in [-0.39, 0.29) is 0 Å². The number of aromatic amines is 1. The van der Waals surface area contributed by atoms with Gasteiger partial charge in [0.15, 0.2) is 0 Å². The van der Waals surface area contributed by atoms with Crippen LogP contribution in [-0.4, -0.2) is 4.98 Å². The standard InChI is InChI=1S/C42H35NS/c1-23-15-25(3)40(26(4)16-23)30-12-14-39-35(20-30)36-22-31(41-27(5)17-24(2)18-28(41)6)21-33(42(36)44-39)29-11-13-38-34(19-29)32-9-7-8-10-37(32)43-38/h7-22,43H,1-6H3. The Bertz CT molecular complexity index is 2400. The Hall–Kier alpha value is -4.66. The second-order valence-electron chi connectivity index (χ2n) is 12.7. The molecule has 214 valence electrons. The number of nitrogens with one attached hydrogen (secondary N) is 1. The lowest BCUT2D eigenvalue weighted by atomic mass is 9.89. The summed E-state index contributed by atoms with van der Waals surface area (Å²) in [5.41, 5.74) is 18.1. The van der Waals surface area contributed by atoms with Crippen LogP contribution in [0.2, 0.25) is 0 Å². The Morgan fingerprint density at radius 1 is 0.455 bits per heavy atom. The van der Waals surface area contributed by atoms with Crippen LogP contribution in [0.4, 0.5) is 0 Å². The van der Waals surface area contributed by atoms with E-state index >= 15 is 0 Å². The van der Waals surface area contributed by atoms with Gasteiger partial charge < -0.3 is 4.98 Å². The molecule has 1 N–H and O–H groups in total. The summed E-state index contributed by atoms with van der Waals surface area (Å²) in [5.74, 6) is 0. The Labute approximate surface area is 262 Å². The Balaban J connectivity index is 1.44. The van der Waals surface area contributed by atoms with Crippen molar-refractivity contribution >= 4 is 53.3 Å². The van der Waals surface area contributed by atoms with Crippen molar-refractivity contribution in [1.82, 2.24) is 4.98 Å². The zero-order valence-electron chi connectivity index (χ0n) is 26.1. The molecule has 6 aromatic carbocycles. The van der Waals surface area contributed by atoms with Gasteiger partial charge in [-0.1, -0.05) is 65.7 Å². The highest BCUT2D eigenvalue weighted by molar-refractivity contribution is 7.26. The molecular weight excluding hydrogens is 551 g/mol. The second-order valence-corrected chi connectivity index (χ2v) is 13.7. The van der Waals surface area contributed by atoms with Crippen LogP contribution in [-0.2, 0) is 0 Å². The summed E-state index contributed by atoms with van der Waals surface area (Å²) < 4.78 is 2.68. The lowest BCUT2D eigenvalue weighted by Crippen LogP contribution is -1.91. The van der Waals surface area contributed by atoms with Crippen molar-refractivity contribution < 1.29 is 0 Å². The van der Waals surface area contributed by atoms with Crippen LogP contribution in [0.15, 0.2) is 97.1 Å². The number of benzene rings is 6. The van der Waals surface area contributed by atoms with Crippen molar-refractivity contribution in [2.75, 3.05) is 0 Å². The fourth-order valence-corrected chi connectivity index (χ4v) is 8.88. The van der Waals surface area contributed by atoms with Gasteiger partial charge in [0.2, 0.25) is 0 Å². The number of hydrogen-bond acceptors (Lipinski definition) is 1. The maximum absolute atomic E-state index is 3.61. The van der Waals surface area contributed by atoms with Gasteiger partial charge in [0.05, 0.1) is 0 Å². The predicted octanol–water partition coefficient (Wildman–Crippen LogP) is 12.5. The number of fused-ring (bicyclic) bond motifs is 6. The quantitative estimate of drug-likeness (QED) is 0.212. The van der Waals surface area contributed by atoms with E-state index in [9.17, 15) is 0 Å². The van der Waals surface area contributed by atoms with Gasteiger partial charge in [-0.2, -0.15) is 0 Å². The lowest BCUT2D eigenvalue weighted by molar-refractivity contribution is 1.32. The number of rotatable bonds is 3. The number of H-pyrrole nitrogens is 1. The van der Waals surface area contributed by atoms with Crippen molar-refractivity contribution in [3.05, 3.63) is 130 Å². The molecule has 1 nitrogen and oxygen atoms in total. The predicted molar refractivity (Wildman–Crippen MR) is 193 cm³/mol. The van der Waals surface area contributed by atoms with Gasteiger partial charge in [-0.3, -0.25) is 0 Å². The minimum Gasteiger partial charge on any atom is -0.355 e. The zero-order chi connectivity index (χ0) is 30.3. The molecule has 2 heterocycles. The molecule has 44 heavy (non-hydrogen) atoms. The molecule has 0 amide bonds. The van der Waals surface area contributed by atoms with Crippen LogP contribution in [0.5, 0.6) is 0 Å². The fraction of sp³-hybridized carbons (Fsp3) is 0.143. The summed E-state index contributed by atoms with van der Waals surface area (Å²) in [6.07, 6.45) is 0. The highest BCUT2D eigenvalue weighted by atomic mass is 32.1. The minimum absolute atomic E-state index is 1.18. The molecule has 0 unspecified atom stereocenters. The Kier molecular flexibility index (Phi) is 6.08. The fourth-order valence-electron chi connectivity index (χ4n) is 7.68. The summed E-state index contributed by atoms with van der Waals surface area (Å²) in [4.78, 5) is 3.61. The molecule has 2 heteroatoms. The highest BCUT2D eigenvalue weighted by Gasteiger charge is 2.18. The molecule has 0 aliphatic heterocycles. The van der Waals surface area contributed by atoms with Crippen LogP contribution in [0.1, 0.15) is 33.4 Å². The molecule has 0 saturated carbocycles. The third-order valence-electron chi connectivity index (χ3n) is 9.32. The van der Waals surface area contributed by atoms with E-state index in [1.54, 1.807) is 0 Å². The first-order valence-corrected chi connectivity index (χ1v) is 16.2. The third kappa shape index (κ3) is 4.20. The van der Waals surface area contributed by atoms with Crippen LogP contribution in [0, 0.1) is 41.5 Å². The SMILES string of the molecule is Cc1cc(C)c(-c2ccc3sc4c(-c5ccc6[nH]c7ccccc7c6c5)cc(-c5c(C)cc(C)cc5C)cc4c3c2)c(C)c1. The number of para-hydroxylation sites is 1. The van der Waals surface area contributed by atoms with E-state index in [2.05, 4.69) is 144 Å². The number of hydrogen-bond donors (Lipinski definition) is 1. The molecule has 0 spiro atoms. The van der Waals surface area contributed by atoms with Gasteiger partial charge in [-0.25, -0.2) is 0 Å². The Morgan fingerprint density at radius 3 is 1.73 bits per heavy atom. The largest absolute Gasteiger partial charge is 0.355 e. The average molecular weight is 586 g/mol. The minimum atomic E-state index is 1.18. The van der Waals surface area contributed by atoms with Crippen molar-refractivity contribution in [3.63, 3.8) is 0 Å². The van der Waals surface area contributed by atoms with Crippen LogP contribution in [0.25, 0.3) is 75.4 Å². The Morgan fingerprint density at radius 2 is 1.02 bits per heavy atom. The van der Waals surface area contributed by atoms with Gasteiger partial charge in [-0.15, -0.1) is 11.3 Å². The summed E-state index contributed by atoms with van der Waals surface area (Å²) >= 11 is 1.92. The van der Waals surface area contributed by atoms with Gasteiger partial charge in [-0.05, 0) is 134 Å². The highest BCUT2D eigenvalue weighted by Crippen LogP contribution is 2.46. The van der Waals surface area contributed by atoms with Crippen LogP contribution >= 0.6 is 11.3 Å². The number of aromatic nitrogens is 1. The molecule has 0 fully saturated rings. The normalized spacial score (nSPS) is 11.9. The monoisotopic (exact) mass is 585 g/mol. The summed E-state index contributed by atoms with van der Waals surface area (Å²) in [5, 5.41) is 5.21. The van der Waals surface area contributed by atoms with Crippen LogP contribution in [0.3, 0.4) is 0 Å².